The van der Waals surface area contributed by atoms with E-state index < -0.39 is 21.3 Å². The first-order valence-corrected chi connectivity index (χ1v) is 14.2. The number of hydrogen-bond donors (Lipinski definition) is 1. The van der Waals surface area contributed by atoms with Crippen LogP contribution in [0.2, 0.25) is 0 Å². The molecule has 184 valence electrons. The molecule has 3 aromatic rings. The highest BCUT2D eigenvalue weighted by Crippen LogP contribution is 2.60. The van der Waals surface area contributed by atoms with E-state index >= 15 is 0 Å². The number of carboxylic acids is 1. The van der Waals surface area contributed by atoms with Crippen molar-refractivity contribution in [3.63, 3.8) is 0 Å². The van der Waals surface area contributed by atoms with Crippen molar-refractivity contribution in [1.29, 1.82) is 0 Å². The molecule has 0 aromatic heterocycles. The smallest absolute Gasteiger partial charge is 0.326 e. The lowest BCUT2D eigenvalue weighted by molar-refractivity contribution is -0.148. The molecule has 1 N–H and O–H groups in total. The molecule has 0 radical (unpaired) electrons. The Kier molecular flexibility index (Phi) is 9.08. The SMILES string of the molecule is C#CC(CC(=O)N1CCC[C@H]1C(=O)O)C(Sc1ccccc1)(Sc1ccccc1)Sc1ccccc1. The third-order valence-electron chi connectivity index (χ3n) is 5.87. The Morgan fingerprint density at radius 3 is 1.72 bits per heavy atom. The van der Waals surface area contributed by atoms with Gasteiger partial charge in [0.05, 0.1) is 5.92 Å². The average Bonchev–Trinajstić information content (AvgIpc) is 3.40. The molecule has 36 heavy (non-hydrogen) atoms. The largest absolute Gasteiger partial charge is 0.480 e. The van der Waals surface area contributed by atoms with Crippen molar-refractivity contribution < 1.29 is 14.7 Å². The van der Waals surface area contributed by atoms with Crippen LogP contribution in [0.4, 0.5) is 0 Å². The first-order chi connectivity index (χ1) is 17.5. The zero-order chi connectivity index (χ0) is 25.4. The van der Waals surface area contributed by atoms with Crippen LogP contribution < -0.4 is 0 Å². The summed E-state index contributed by atoms with van der Waals surface area (Å²) in [6.07, 6.45) is 7.41. The Bertz CT molecular complexity index is 1100. The summed E-state index contributed by atoms with van der Waals surface area (Å²) in [4.78, 5) is 29.8. The van der Waals surface area contributed by atoms with Gasteiger partial charge in [-0.1, -0.05) is 95.8 Å². The summed E-state index contributed by atoms with van der Waals surface area (Å²) in [5, 5.41) is 9.62. The van der Waals surface area contributed by atoms with E-state index in [1.807, 2.05) is 91.0 Å². The summed E-state index contributed by atoms with van der Waals surface area (Å²) in [5.41, 5.74) is 0. The lowest BCUT2D eigenvalue weighted by Crippen LogP contribution is -2.42. The molecular weight excluding hydrogens is 507 g/mol. The Morgan fingerprint density at radius 1 is 0.889 bits per heavy atom. The van der Waals surface area contributed by atoms with Gasteiger partial charge < -0.3 is 10.0 Å². The van der Waals surface area contributed by atoms with E-state index in [0.717, 1.165) is 14.7 Å². The van der Waals surface area contributed by atoms with Crippen LogP contribution >= 0.6 is 35.3 Å². The van der Waals surface area contributed by atoms with Gasteiger partial charge in [0, 0.05) is 27.7 Å². The van der Waals surface area contributed by atoms with E-state index in [1.165, 1.54) is 4.90 Å². The highest BCUT2D eigenvalue weighted by atomic mass is 32.3. The lowest BCUT2D eigenvalue weighted by Gasteiger charge is -2.37. The van der Waals surface area contributed by atoms with E-state index in [9.17, 15) is 14.7 Å². The van der Waals surface area contributed by atoms with Crippen LogP contribution in [0.3, 0.4) is 0 Å². The third kappa shape index (κ3) is 6.50. The molecular formula is C29H27NO3S3. The predicted octanol–water partition coefficient (Wildman–Crippen LogP) is 6.73. The fraction of sp³-hybridized carbons (Fsp3) is 0.241. The minimum absolute atomic E-state index is 0.0692. The van der Waals surface area contributed by atoms with Gasteiger partial charge in [0.15, 0.2) is 0 Å². The highest BCUT2D eigenvalue weighted by Gasteiger charge is 2.44. The molecule has 1 unspecified atom stereocenters. The monoisotopic (exact) mass is 533 g/mol. The van der Waals surface area contributed by atoms with Crippen molar-refractivity contribution >= 4 is 47.2 Å². The molecule has 0 aliphatic carbocycles. The maximum Gasteiger partial charge on any atom is 0.326 e. The zero-order valence-electron chi connectivity index (χ0n) is 19.7. The Hall–Kier alpha value is -2.79. The average molecular weight is 534 g/mol. The van der Waals surface area contributed by atoms with Gasteiger partial charge in [-0.25, -0.2) is 4.79 Å². The molecule has 0 bridgehead atoms. The number of hydrogen-bond acceptors (Lipinski definition) is 5. The highest BCUT2D eigenvalue weighted by molar-refractivity contribution is 8.33. The van der Waals surface area contributed by atoms with Gasteiger partial charge in [0.25, 0.3) is 0 Å². The van der Waals surface area contributed by atoms with Crippen LogP contribution in [0.5, 0.6) is 0 Å². The number of carbonyl (C=O) groups excluding carboxylic acids is 1. The second-order valence-corrected chi connectivity index (χ2v) is 13.1. The number of thioether (sulfide) groups is 3. The van der Waals surface area contributed by atoms with Gasteiger partial charge in [-0.05, 0) is 49.2 Å². The number of benzene rings is 3. The van der Waals surface area contributed by atoms with Gasteiger partial charge in [0.1, 0.15) is 9.45 Å². The molecule has 4 nitrogen and oxygen atoms in total. The summed E-state index contributed by atoms with van der Waals surface area (Å²) in [6, 6.07) is 29.4. The van der Waals surface area contributed by atoms with Crippen LogP contribution in [0.25, 0.3) is 0 Å². The molecule has 1 heterocycles. The summed E-state index contributed by atoms with van der Waals surface area (Å²) in [5.74, 6) is 1.30. The second-order valence-electron chi connectivity index (χ2n) is 8.36. The molecule has 0 saturated carbocycles. The third-order valence-corrected chi connectivity index (χ3v) is 10.6. The van der Waals surface area contributed by atoms with Crippen molar-refractivity contribution in [1.82, 2.24) is 4.90 Å². The number of nitrogens with zero attached hydrogens (tertiary/aromatic N) is 1. The van der Waals surface area contributed by atoms with Crippen LogP contribution in [0.15, 0.2) is 106 Å². The van der Waals surface area contributed by atoms with E-state index in [2.05, 4.69) is 5.92 Å². The van der Waals surface area contributed by atoms with E-state index in [-0.39, 0.29) is 12.3 Å². The van der Waals surface area contributed by atoms with E-state index in [0.29, 0.717) is 19.4 Å². The molecule has 4 rings (SSSR count). The fourth-order valence-corrected chi connectivity index (χ4v) is 9.11. The summed E-state index contributed by atoms with van der Waals surface area (Å²) < 4.78 is -0.688. The fourth-order valence-electron chi connectivity index (χ4n) is 4.13. The Labute approximate surface area is 225 Å². The second kappa shape index (κ2) is 12.4. The topological polar surface area (TPSA) is 57.6 Å². The first-order valence-electron chi connectivity index (χ1n) is 11.7. The van der Waals surface area contributed by atoms with Crippen LogP contribution in [-0.2, 0) is 9.59 Å². The molecule has 1 aliphatic heterocycles. The summed E-state index contributed by atoms with van der Waals surface area (Å²) in [6.45, 7) is 0.448. The summed E-state index contributed by atoms with van der Waals surface area (Å²) >= 11 is 4.94. The molecule has 1 amide bonds. The molecule has 7 heteroatoms. The first kappa shape index (κ1) is 26.3. The molecule has 2 atom stereocenters. The van der Waals surface area contributed by atoms with Crippen molar-refractivity contribution in [3.05, 3.63) is 91.0 Å². The summed E-state index contributed by atoms with van der Waals surface area (Å²) in [7, 11) is 0. The van der Waals surface area contributed by atoms with Gasteiger partial charge in [0.2, 0.25) is 5.91 Å². The van der Waals surface area contributed by atoms with Gasteiger partial charge in [-0.2, -0.15) is 0 Å². The number of carbonyl (C=O) groups is 2. The van der Waals surface area contributed by atoms with Crippen molar-refractivity contribution in [2.75, 3.05) is 6.54 Å². The Morgan fingerprint density at radius 2 is 1.33 bits per heavy atom. The number of aliphatic carboxylic acids is 1. The lowest BCUT2D eigenvalue weighted by atomic mass is 10.1. The standard InChI is InChI=1S/C29H27NO3S3/c1-2-22(21-27(31)30-20-12-19-26(30)28(32)33)29(34-23-13-6-3-7-14-23,35-24-15-8-4-9-16-24)36-25-17-10-5-11-18-25/h1,3-11,13-18,22,26H,12,19-21H2,(H,32,33)/t22?,26-/m0/s1. The van der Waals surface area contributed by atoms with Crippen LogP contribution in [0.1, 0.15) is 19.3 Å². The van der Waals surface area contributed by atoms with Crippen molar-refractivity contribution in [3.8, 4) is 12.3 Å². The van der Waals surface area contributed by atoms with Gasteiger partial charge in [-0.3, -0.25) is 4.79 Å². The Balaban J connectivity index is 1.74. The van der Waals surface area contributed by atoms with Gasteiger partial charge in [-0.15, -0.1) is 6.42 Å². The quantitative estimate of drug-likeness (QED) is 0.177. The molecule has 1 aliphatic rings. The minimum Gasteiger partial charge on any atom is -0.480 e. The van der Waals surface area contributed by atoms with Gasteiger partial charge >= 0.3 is 5.97 Å². The molecule has 1 fully saturated rings. The van der Waals surface area contributed by atoms with E-state index in [1.54, 1.807) is 35.3 Å². The number of rotatable bonds is 10. The number of amides is 1. The van der Waals surface area contributed by atoms with Crippen molar-refractivity contribution in [2.45, 2.75) is 43.4 Å². The maximum atomic E-state index is 13.5. The van der Waals surface area contributed by atoms with Crippen molar-refractivity contribution in [2.24, 2.45) is 5.92 Å². The molecule has 0 spiro atoms. The van der Waals surface area contributed by atoms with E-state index in [4.69, 9.17) is 6.42 Å². The number of carboxylic acid groups (broad SMARTS) is 1. The zero-order valence-corrected chi connectivity index (χ0v) is 22.1. The minimum atomic E-state index is -0.958. The van der Waals surface area contributed by atoms with Crippen LogP contribution in [0, 0.1) is 18.3 Å². The van der Waals surface area contributed by atoms with Crippen LogP contribution in [-0.4, -0.2) is 37.9 Å². The molecule has 3 aromatic carbocycles. The number of terminal acetylenes is 1. The number of likely N-dealkylation sites (tertiary alicyclic amines) is 1. The maximum absolute atomic E-state index is 13.5. The normalized spacial score (nSPS) is 16.3. The predicted molar refractivity (Wildman–Crippen MR) is 149 cm³/mol. The molecule has 1 saturated heterocycles.